The first-order valence-corrected chi connectivity index (χ1v) is 12.9. The molecule has 1 aliphatic rings. The lowest BCUT2D eigenvalue weighted by molar-refractivity contribution is -0.151. The molecular formula is C30H29ClN2O7. The highest BCUT2D eigenvalue weighted by atomic mass is 35.5. The Hall–Kier alpha value is -4.26. The summed E-state index contributed by atoms with van der Waals surface area (Å²) < 4.78 is 27.9. The van der Waals surface area contributed by atoms with Crippen molar-refractivity contribution in [1.29, 1.82) is 5.26 Å². The number of nitrogens with zero attached hydrogens (tertiary/aromatic N) is 2. The van der Waals surface area contributed by atoms with Crippen LogP contribution in [0.1, 0.15) is 41.7 Å². The van der Waals surface area contributed by atoms with Gasteiger partial charge in [0.25, 0.3) is 5.91 Å². The first kappa shape index (κ1) is 28.7. The second-order valence-electron chi connectivity index (χ2n) is 8.86. The highest BCUT2D eigenvalue weighted by Crippen LogP contribution is 2.44. The molecule has 208 valence electrons. The molecule has 0 N–H and O–H groups in total. The van der Waals surface area contributed by atoms with Gasteiger partial charge in [-0.25, -0.2) is 0 Å². The fourth-order valence-electron chi connectivity index (χ4n) is 4.62. The Bertz CT molecular complexity index is 1450. The molecule has 0 aromatic heterocycles. The number of esters is 1. The van der Waals surface area contributed by atoms with E-state index in [2.05, 4.69) is 6.07 Å². The number of anilines is 1. The van der Waals surface area contributed by atoms with Crippen molar-refractivity contribution in [1.82, 2.24) is 0 Å². The van der Waals surface area contributed by atoms with E-state index in [9.17, 15) is 14.9 Å². The van der Waals surface area contributed by atoms with E-state index >= 15 is 0 Å². The molecule has 3 aromatic carbocycles. The second kappa shape index (κ2) is 12.7. The van der Waals surface area contributed by atoms with E-state index in [0.717, 1.165) is 0 Å². The van der Waals surface area contributed by atoms with Crippen LogP contribution < -0.4 is 19.1 Å². The number of benzene rings is 3. The number of methoxy groups -OCH3 is 3. The zero-order valence-electron chi connectivity index (χ0n) is 22.6. The van der Waals surface area contributed by atoms with E-state index in [1.165, 1.54) is 19.1 Å². The summed E-state index contributed by atoms with van der Waals surface area (Å²) >= 11 is 6.72. The lowest BCUT2D eigenvalue weighted by atomic mass is 9.97. The largest absolute Gasteiger partial charge is 0.497 e. The van der Waals surface area contributed by atoms with Gasteiger partial charge in [-0.2, -0.15) is 5.26 Å². The number of halogens is 1. The van der Waals surface area contributed by atoms with Gasteiger partial charge in [0.15, 0.2) is 0 Å². The Kier molecular flexibility index (Phi) is 9.15. The van der Waals surface area contributed by atoms with Crippen molar-refractivity contribution in [2.24, 2.45) is 0 Å². The maximum Gasteiger partial charge on any atom is 0.308 e. The molecule has 10 heteroatoms. The fraction of sp³-hybridized carbons (Fsp3) is 0.300. The minimum absolute atomic E-state index is 0.0894. The quantitative estimate of drug-likeness (QED) is 0.326. The van der Waals surface area contributed by atoms with Crippen LogP contribution >= 0.6 is 11.6 Å². The van der Waals surface area contributed by atoms with Crippen molar-refractivity contribution in [3.8, 4) is 23.3 Å². The Morgan fingerprint density at radius 1 is 1.02 bits per heavy atom. The van der Waals surface area contributed by atoms with E-state index in [0.29, 0.717) is 45.2 Å². The maximum atomic E-state index is 14.1. The minimum Gasteiger partial charge on any atom is -0.497 e. The summed E-state index contributed by atoms with van der Waals surface area (Å²) in [5.74, 6) is 0.485. The third-order valence-electron chi connectivity index (χ3n) is 6.55. The predicted molar refractivity (Wildman–Crippen MR) is 148 cm³/mol. The molecule has 0 bridgehead atoms. The molecule has 4 rings (SSSR count). The number of amides is 1. The number of rotatable bonds is 9. The highest BCUT2D eigenvalue weighted by Gasteiger charge is 2.39. The molecule has 40 heavy (non-hydrogen) atoms. The summed E-state index contributed by atoms with van der Waals surface area (Å²) in [5, 5.41) is 9.98. The van der Waals surface area contributed by atoms with Crippen LogP contribution in [-0.2, 0) is 25.6 Å². The monoisotopic (exact) mass is 564 g/mol. The van der Waals surface area contributed by atoms with Gasteiger partial charge in [0, 0.05) is 22.8 Å². The fourth-order valence-corrected chi connectivity index (χ4v) is 4.92. The van der Waals surface area contributed by atoms with E-state index in [1.54, 1.807) is 68.6 Å². The zero-order chi connectivity index (χ0) is 28.8. The van der Waals surface area contributed by atoms with Gasteiger partial charge in [-0.3, -0.25) is 9.59 Å². The lowest BCUT2D eigenvalue weighted by Gasteiger charge is -2.26. The summed E-state index contributed by atoms with van der Waals surface area (Å²) in [6.45, 7) is 1.93. The third kappa shape index (κ3) is 5.83. The summed E-state index contributed by atoms with van der Waals surface area (Å²) in [5.41, 5.74) is 2.60. The van der Waals surface area contributed by atoms with Crippen molar-refractivity contribution in [3.63, 3.8) is 0 Å². The van der Waals surface area contributed by atoms with Crippen LogP contribution in [0.4, 0.5) is 5.69 Å². The molecule has 0 aliphatic carbocycles. The van der Waals surface area contributed by atoms with Crippen molar-refractivity contribution in [2.45, 2.75) is 32.1 Å². The minimum atomic E-state index is -1.21. The normalized spacial score (nSPS) is 16.4. The van der Waals surface area contributed by atoms with E-state index in [4.69, 9.17) is 35.3 Å². The van der Waals surface area contributed by atoms with E-state index < -0.39 is 24.1 Å². The molecule has 1 amide bonds. The van der Waals surface area contributed by atoms with Crippen LogP contribution in [0.3, 0.4) is 0 Å². The molecule has 0 fully saturated rings. The SMILES string of the molecule is CCOC(=O)C[C@H]1O[C@H](c2cccc(OC)c2Cl)c2cc(C#N)ccc2N(Cc2ccc(OC)cc2OC)C1=O. The van der Waals surface area contributed by atoms with Gasteiger partial charge < -0.3 is 28.6 Å². The summed E-state index contributed by atoms with van der Waals surface area (Å²) in [4.78, 5) is 28.2. The topological polar surface area (TPSA) is 107 Å². The Morgan fingerprint density at radius 2 is 1.80 bits per heavy atom. The molecule has 0 spiro atoms. The molecule has 0 saturated heterocycles. The molecule has 0 radical (unpaired) electrons. The van der Waals surface area contributed by atoms with Gasteiger partial charge in [0.1, 0.15) is 29.5 Å². The summed E-state index contributed by atoms with van der Waals surface area (Å²) in [6, 6.07) is 17.6. The summed E-state index contributed by atoms with van der Waals surface area (Å²) in [6.07, 6.45) is -2.44. The molecule has 0 saturated carbocycles. The number of ether oxygens (including phenoxy) is 5. The van der Waals surface area contributed by atoms with Gasteiger partial charge in [-0.1, -0.05) is 23.7 Å². The van der Waals surface area contributed by atoms with Crippen molar-refractivity contribution < 1.29 is 33.3 Å². The Labute approximate surface area is 237 Å². The van der Waals surface area contributed by atoms with Crippen LogP contribution in [0.5, 0.6) is 17.2 Å². The van der Waals surface area contributed by atoms with Crippen LogP contribution in [0.2, 0.25) is 5.02 Å². The number of carbonyl (C=O) groups is 2. The number of fused-ring (bicyclic) bond motifs is 1. The maximum absolute atomic E-state index is 14.1. The van der Waals surface area contributed by atoms with Crippen molar-refractivity contribution in [2.75, 3.05) is 32.8 Å². The molecule has 1 heterocycles. The van der Waals surface area contributed by atoms with E-state index in [-0.39, 0.29) is 24.6 Å². The molecule has 0 unspecified atom stereocenters. The first-order valence-electron chi connectivity index (χ1n) is 12.5. The number of nitriles is 1. The van der Waals surface area contributed by atoms with Crippen LogP contribution in [0, 0.1) is 11.3 Å². The average Bonchev–Trinajstić information content (AvgIpc) is 3.07. The molecule has 3 aromatic rings. The first-order chi connectivity index (χ1) is 19.3. The smallest absolute Gasteiger partial charge is 0.308 e. The second-order valence-corrected chi connectivity index (χ2v) is 9.24. The Morgan fingerprint density at radius 3 is 2.48 bits per heavy atom. The average molecular weight is 565 g/mol. The number of carbonyl (C=O) groups excluding carboxylic acids is 2. The van der Waals surface area contributed by atoms with Gasteiger partial charge >= 0.3 is 5.97 Å². The zero-order valence-corrected chi connectivity index (χ0v) is 23.4. The molecule has 2 atom stereocenters. The standard InChI is InChI=1S/C30H29ClN2O7/c1-5-39-27(34)15-26-30(35)33(17-19-10-11-20(36-2)14-25(19)38-4)23-12-9-18(16-32)13-22(23)29(40-26)21-7-6-8-24(37-3)28(21)31/h6-14,26,29H,5,15,17H2,1-4H3/t26-,29-/m1/s1. The predicted octanol–water partition coefficient (Wildman–Crippen LogP) is 5.21. The number of hydrogen-bond donors (Lipinski definition) is 0. The van der Waals surface area contributed by atoms with Gasteiger partial charge in [-0.05, 0) is 43.3 Å². The lowest BCUT2D eigenvalue weighted by Crippen LogP contribution is -2.40. The van der Waals surface area contributed by atoms with Gasteiger partial charge in [0.2, 0.25) is 0 Å². The number of hydrogen-bond acceptors (Lipinski definition) is 8. The Balaban J connectivity index is 1.91. The molecule has 9 nitrogen and oxygen atoms in total. The van der Waals surface area contributed by atoms with Crippen LogP contribution in [0.25, 0.3) is 0 Å². The molecule has 1 aliphatic heterocycles. The third-order valence-corrected chi connectivity index (χ3v) is 6.95. The van der Waals surface area contributed by atoms with Crippen LogP contribution in [-0.4, -0.2) is 45.9 Å². The van der Waals surface area contributed by atoms with Crippen molar-refractivity contribution in [3.05, 3.63) is 81.9 Å². The van der Waals surface area contributed by atoms with Crippen LogP contribution in [0.15, 0.2) is 54.6 Å². The highest BCUT2D eigenvalue weighted by molar-refractivity contribution is 6.33. The van der Waals surface area contributed by atoms with Gasteiger partial charge in [0.05, 0.1) is 63.2 Å². The van der Waals surface area contributed by atoms with E-state index in [1.807, 2.05) is 0 Å². The van der Waals surface area contributed by atoms with Crippen molar-refractivity contribution >= 4 is 29.2 Å². The molecular weight excluding hydrogens is 536 g/mol. The van der Waals surface area contributed by atoms with Gasteiger partial charge in [-0.15, -0.1) is 0 Å². The summed E-state index contributed by atoms with van der Waals surface area (Å²) in [7, 11) is 4.58.